The summed E-state index contributed by atoms with van der Waals surface area (Å²) < 4.78 is 12.0. The van der Waals surface area contributed by atoms with Crippen LogP contribution in [0.15, 0.2) is 0 Å². The van der Waals surface area contributed by atoms with Crippen LogP contribution in [0.4, 0.5) is 0 Å². The molecular formula is C15H30N2O2. The van der Waals surface area contributed by atoms with Crippen molar-refractivity contribution in [2.75, 3.05) is 26.2 Å². The first-order valence-corrected chi connectivity index (χ1v) is 7.60. The molecular weight excluding hydrogens is 240 g/mol. The molecule has 2 saturated heterocycles. The fourth-order valence-corrected chi connectivity index (χ4v) is 3.69. The second kappa shape index (κ2) is 5.68. The van der Waals surface area contributed by atoms with E-state index in [0.717, 1.165) is 32.4 Å². The zero-order chi connectivity index (χ0) is 14.1. The molecule has 2 fully saturated rings. The van der Waals surface area contributed by atoms with Crippen LogP contribution in [0.3, 0.4) is 0 Å². The van der Waals surface area contributed by atoms with E-state index in [1.165, 1.54) is 0 Å². The van der Waals surface area contributed by atoms with E-state index in [2.05, 4.69) is 32.6 Å². The van der Waals surface area contributed by atoms with Gasteiger partial charge in [-0.05, 0) is 47.0 Å². The smallest absolute Gasteiger partial charge is 0.0789 e. The minimum absolute atomic E-state index is 0.00106. The fraction of sp³-hybridized carbons (Fsp3) is 1.00. The summed E-state index contributed by atoms with van der Waals surface area (Å²) in [6, 6.07) is 0.526. The van der Waals surface area contributed by atoms with Crippen molar-refractivity contribution in [3.8, 4) is 0 Å². The lowest BCUT2D eigenvalue weighted by Crippen LogP contribution is -2.50. The van der Waals surface area contributed by atoms with Gasteiger partial charge in [-0.15, -0.1) is 0 Å². The van der Waals surface area contributed by atoms with E-state index in [4.69, 9.17) is 15.2 Å². The maximum Gasteiger partial charge on any atom is 0.0789 e. The van der Waals surface area contributed by atoms with Gasteiger partial charge in [0, 0.05) is 25.7 Å². The molecule has 0 aromatic carbocycles. The van der Waals surface area contributed by atoms with Gasteiger partial charge in [-0.1, -0.05) is 0 Å². The molecule has 0 aromatic rings. The van der Waals surface area contributed by atoms with E-state index in [0.29, 0.717) is 25.3 Å². The molecule has 0 aliphatic carbocycles. The summed E-state index contributed by atoms with van der Waals surface area (Å²) in [6.45, 7) is 12.4. The fourth-order valence-electron chi connectivity index (χ4n) is 3.69. The number of nitrogens with two attached hydrogens (primary N) is 1. The topological polar surface area (TPSA) is 47.7 Å². The minimum atomic E-state index is -0.0472. The number of hydrogen-bond acceptors (Lipinski definition) is 4. The van der Waals surface area contributed by atoms with E-state index >= 15 is 0 Å². The van der Waals surface area contributed by atoms with E-state index in [1.54, 1.807) is 0 Å². The highest BCUT2D eigenvalue weighted by Gasteiger charge is 2.48. The van der Waals surface area contributed by atoms with Gasteiger partial charge in [-0.2, -0.15) is 0 Å². The third-order valence-corrected chi connectivity index (χ3v) is 4.42. The van der Waals surface area contributed by atoms with Gasteiger partial charge >= 0.3 is 0 Å². The molecule has 2 heterocycles. The molecule has 1 unspecified atom stereocenters. The molecule has 0 spiro atoms. The van der Waals surface area contributed by atoms with Gasteiger partial charge in [0.25, 0.3) is 0 Å². The lowest BCUT2D eigenvalue weighted by Gasteiger charge is -2.40. The lowest BCUT2D eigenvalue weighted by molar-refractivity contribution is -0.0863. The van der Waals surface area contributed by atoms with Crippen molar-refractivity contribution in [1.82, 2.24) is 4.90 Å². The molecule has 2 rings (SSSR count). The van der Waals surface area contributed by atoms with Crippen LogP contribution in [0.2, 0.25) is 0 Å². The zero-order valence-electron chi connectivity index (χ0n) is 12.9. The predicted octanol–water partition coefficient (Wildman–Crippen LogP) is 1.77. The van der Waals surface area contributed by atoms with Crippen molar-refractivity contribution in [3.05, 3.63) is 0 Å². The maximum atomic E-state index is 6.20. The Morgan fingerprint density at radius 2 is 1.84 bits per heavy atom. The summed E-state index contributed by atoms with van der Waals surface area (Å²) in [5, 5.41) is 0. The van der Waals surface area contributed by atoms with Crippen molar-refractivity contribution in [2.24, 2.45) is 5.73 Å². The number of nitrogens with zero attached hydrogens (tertiary/aromatic N) is 1. The van der Waals surface area contributed by atoms with Gasteiger partial charge in [0.2, 0.25) is 0 Å². The van der Waals surface area contributed by atoms with Crippen LogP contribution in [0.1, 0.15) is 47.0 Å². The third-order valence-electron chi connectivity index (χ3n) is 4.42. The van der Waals surface area contributed by atoms with Crippen LogP contribution in [0, 0.1) is 0 Å². The summed E-state index contributed by atoms with van der Waals surface area (Å²) in [6.07, 6.45) is 3.76. The van der Waals surface area contributed by atoms with E-state index in [9.17, 15) is 0 Å². The number of piperidine rings is 1. The summed E-state index contributed by atoms with van der Waals surface area (Å²) >= 11 is 0. The number of rotatable bonds is 4. The molecule has 0 amide bonds. The Hall–Kier alpha value is -0.160. The average molecular weight is 270 g/mol. The third kappa shape index (κ3) is 3.69. The Balaban J connectivity index is 1.87. The number of hydrogen-bond donors (Lipinski definition) is 1. The van der Waals surface area contributed by atoms with Crippen molar-refractivity contribution >= 4 is 0 Å². The summed E-state index contributed by atoms with van der Waals surface area (Å²) in [4.78, 5) is 2.59. The van der Waals surface area contributed by atoms with Crippen LogP contribution >= 0.6 is 0 Å². The first-order valence-electron chi connectivity index (χ1n) is 7.60. The van der Waals surface area contributed by atoms with Gasteiger partial charge in [0.15, 0.2) is 0 Å². The molecule has 1 atom stereocenters. The Labute approximate surface area is 117 Å². The summed E-state index contributed by atoms with van der Waals surface area (Å²) in [7, 11) is 0. The second-order valence-electron chi connectivity index (χ2n) is 7.08. The van der Waals surface area contributed by atoms with Crippen molar-refractivity contribution in [3.63, 3.8) is 0 Å². The van der Waals surface area contributed by atoms with Crippen LogP contribution in [0.5, 0.6) is 0 Å². The van der Waals surface area contributed by atoms with Crippen molar-refractivity contribution in [1.29, 1.82) is 0 Å². The Bertz CT molecular complexity index is 297. The van der Waals surface area contributed by atoms with Crippen molar-refractivity contribution in [2.45, 2.75) is 70.3 Å². The van der Waals surface area contributed by atoms with Gasteiger partial charge < -0.3 is 15.2 Å². The molecule has 0 saturated carbocycles. The van der Waals surface area contributed by atoms with Gasteiger partial charge in [0.05, 0.1) is 23.9 Å². The highest BCUT2D eigenvalue weighted by molar-refractivity contribution is 5.00. The Morgan fingerprint density at radius 3 is 2.32 bits per heavy atom. The van der Waals surface area contributed by atoms with Gasteiger partial charge in [-0.3, -0.25) is 4.90 Å². The molecule has 2 aliphatic heterocycles. The van der Waals surface area contributed by atoms with E-state index < -0.39 is 0 Å². The first kappa shape index (κ1) is 15.2. The van der Waals surface area contributed by atoms with Crippen LogP contribution in [0.25, 0.3) is 0 Å². The molecule has 2 N–H and O–H groups in total. The SMILES string of the molecule is CC1(C)CC(N2CCC(OCCN)CC2)C(C)(C)O1. The highest BCUT2D eigenvalue weighted by atomic mass is 16.5. The van der Waals surface area contributed by atoms with E-state index in [1.807, 2.05) is 0 Å². The molecule has 4 heteroatoms. The quantitative estimate of drug-likeness (QED) is 0.846. The standard InChI is InChI=1S/C15H30N2O2/c1-14(2)11-13(15(3,4)19-14)17-8-5-12(6-9-17)18-10-7-16/h12-13H,5-11,16H2,1-4H3. The molecule has 0 aromatic heterocycles. The monoisotopic (exact) mass is 270 g/mol. The molecule has 0 bridgehead atoms. The molecule has 0 radical (unpaired) electrons. The predicted molar refractivity (Wildman–Crippen MR) is 77.2 cm³/mol. The average Bonchev–Trinajstić information content (AvgIpc) is 2.55. The Kier molecular flexibility index (Phi) is 4.56. The van der Waals surface area contributed by atoms with Crippen LogP contribution in [-0.2, 0) is 9.47 Å². The molecule has 2 aliphatic rings. The van der Waals surface area contributed by atoms with Gasteiger partial charge in [0.1, 0.15) is 0 Å². The van der Waals surface area contributed by atoms with Crippen LogP contribution < -0.4 is 5.73 Å². The highest BCUT2D eigenvalue weighted by Crippen LogP contribution is 2.40. The number of likely N-dealkylation sites (tertiary alicyclic amines) is 1. The molecule has 4 nitrogen and oxygen atoms in total. The zero-order valence-corrected chi connectivity index (χ0v) is 12.9. The van der Waals surface area contributed by atoms with E-state index in [-0.39, 0.29) is 11.2 Å². The molecule has 112 valence electrons. The van der Waals surface area contributed by atoms with Gasteiger partial charge in [-0.25, -0.2) is 0 Å². The lowest BCUT2D eigenvalue weighted by atomic mass is 9.91. The number of ether oxygens (including phenoxy) is 2. The van der Waals surface area contributed by atoms with Crippen molar-refractivity contribution < 1.29 is 9.47 Å². The second-order valence-corrected chi connectivity index (χ2v) is 7.08. The largest absolute Gasteiger partial charge is 0.377 e. The Morgan fingerprint density at radius 1 is 1.21 bits per heavy atom. The normalized spacial score (nSPS) is 31.7. The first-order chi connectivity index (χ1) is 8.84. The summed E-state index contributed by atoms with van der Waals surface area (Å²) in [5.74, 6) is 0. The maximum absolute atomic E-state index is 6.20. The minimum Gasteiger partial charge on any atom is -0.377 e. The molecule has 19 heavy (non-hydrogen) atoms. The summed E-state index contributed by atoms with van der Waals surface area (Å²) in [5.41, 5.74) is 5.44. The van der Waals surface area contributed by atoms with Crippen LogP contribution in [-0.4, -0.2) is 54.5 Å².